The van der Waals surface area contributed by atoms with E-state index in [1.165, 1.54) is 11.3 Å². The first-order chi connectivity index (χ1) is 11.1. The van der Waals surface area contributed by atoms with Gasteiger partial charge >= 0.3 is 0 Å². The number of nitrogens with one attached hydrogen (secondary N) is 1. The number of nitrogens with zero attached hydrogens (tertiary/aromatic N) is 1. The fraction of sp³-hybridized carbons (Fsp3) is 0.375. The van der Waals surface area contributed by atoms with Crippen LogP contribution in [0.25, 0.3) is 0 Å². The molecule has 1 saturated heterocycles. The molecule has 1 atom stereocenters. The van der Waals surface area contributed by atoms with Crippen molar-refractivity contribution < 1.29 is 14.3 Å². The Morgan fingerprint density at radius 2 is 2.43 bits per heavy atom. The number of halogens is 1. The maximum Gasteiger partial charge on any atom is 0.267 e. The van der Waals surface area contributed by atoms with Gasteiger partial charge < -0.3 is 14.8 Å². The maximum absolute atomic E-state index is 12.4. The zero-order valence-electron chi connectivity index (χ0n) is 12.7. The van der Waals surface area contributed by atoms with E-state index in [-0.39, 0.29) is 12.0 Å². The molecule has 0 unspecified atom stereocenters. The molecule has 5 nitrogen and oxygen atoms in total. The van der Waals surface area contributed by atoms with Gasteiger partial charge in [-0.15, -0.1) is 11.3 Å². The number of amides is 1. The van der Waals surface area contributed by atoms with Gasteiger partial charge in [-0.25, -0.2) is 4.98 Å². The van der Waals surface area contributed by atoms with Crippen LogP contribution in [-0.4, -0.2) is 30.2 Å². The molecule has 122 valence electrons. The third kappa shape index (κ3) is 4.02. The lowest BCUT2D eigenvalue weighted by Gasteiger charge is -2.15. The predicted molar refractivity (Wildman–Crippen MR) is 90.7 cm³/mol. The molecule has 23 heavy (non-hydrogen) atoms. The number of thiazole rings is 1. The number of aryl methyl sites for hydroxylation is 1. The molecule has 2 heterocycles. The fourth-order valence-electron chi connectivity index (χ4n) is 2.38. The highest BCUT2D eigenvalue weighted by molar-refractivity contribution is 7.12. The molecule has 7 heteroatoms. The topological polar surface area (TPSA) is 60.5 Å². The third-order valence-electron chi connectivity index (χ3n) is 3.59. The molecule has 0 bridgehead atoms. The second kappa shape index (κ2) is 7.29. The molecule has 2 aromatic rings. The first kappa shape index (κ1) is 16.2. The summed E-state index contributed by atoms with van der Waals surface area (Å²) in [7, 11) is 0. The number of carbonyl (C=O) groups excluding carboxylic acids is 1. The van der Waals surface area contributed by atoms with Crippen LogP contribution < -0.4 is 10.1 Å². The Hall–Kier alpha value is -1.63. The van der Waals surface area contributed by atoms with E-state index in [4.69, 9.17) is 21.1 Å². The van der Waals surface area contributed by atoms with Crippen LogP contribution in [0.15, 0.2) is 23.7 Å². The molecule has 0 radical (unpaired) electrons. The summed E-state index contributed by atoms with van der Waals surface area (Å²) in [5.41, 5.74) is 2.90. The van der Waals surface area contributed by atoms with E-state index in [1.807, 2.05) is 0 Å². The lowest BCUT2D eigenvalue weighted by molar-refractivity contribution is 0.0682. The minimum Gasteiger partial charge on any atom is -0.489 e. The van der Waals surface area contributed by atoms with Crippen LogP contribution in [0, 0.1) is 6.92 Å². The smallest absolute Gasteiger partial charge is 0.267 e. The van der Waals surface area contributed by atoms with E-state index >= 15 is 0 Å². The first-order valence-corrected chi connectivity index (χ1v) is 8.64. The summed E-state index contributed by atoms with van der Waals surface area (Å²) in [5, 5.41) is 3.38. The van der Waals surface area contributed by atoms with Crippen LogP contribution in [0.2, 0.25) is 5.02 Å². The van der Waals surface area contributed by atoms with E-state index in [0.29, 0.717) is 33.6 Å². The van der Waals surface area contributed by atoms with Crippen LogP contribution in [0.5, 0.6) is 5.75 Å². The second-order valence-electron chi connectivity index (χ2n) is 5.31. The average molecular weight is 353 g/mol. The molecular weight excluding hydrogens is 336 g/mol. The van der Waals surface area contributed by atoms with Crippen LogP contribution in [0.3, 0.4) is 0 Å². The zero-order chi connectivity index (χ0) is 16.2. The van der Waals surface area contributed by atoms with Crippen molar-refractivity contribution in [1.29, 1.82) is 0 Å². The summed E-state index contributed by atoms with van der Waals surface area (Å²) in [6, 6.07) is 5.17. The van der Waals surface area contributed by atoms with Gasteiger partial charge in [-0.3, -0.25) is 4.79 Å². The Morgan fingerprint density at radius 1 is 1.57 bits per heavy atom. The van der Waals surface area contributed by atoms with Gasteiger partial charge in [0.25, 0.3) is 5.91 Å². The van der Waals surface area contributed by atoms with E-state index < -0.39 is 0 Å². The number of carbonyl (C=O) groups is 1. The summed E-state index contributed by atoms with van der Waals surface area (Å²) < 4.78 is 11.4. The molecular formula is C16H17ClN2O3S. The van der Waals surface area contributed by atoms with Gasteiger partial charge in [-0.1, -0.05) is 11.6 Å². The Balaban J connectivity index is 1.73. The van der Waals surface area contributed by atoms with Crippen LogP contribution >= 0.6 is 22.9 Å². The highest BCUT2D eigenvalue weighted by Crippen LogP contribution is 2.30. The molecule has 1 fully saturated rings. The lowest BCUT2D eigenvalue weighted by atomic mass is 10.2. The van der Waals surface area contributed by atoms with Crippen molar-refractivity contribution in [2.45, 2.75) is 25.9 Å². The minimum atomic E-state index is -0.214. The maximum atomic E-state index is 12.4. The highest BCUT2D eigenvalue weighted by Gasteiger charge is 2.18. The number of ether oxygens (including phenoxy) is 2. The normalized spacial score (nSPS) is 17.2. The SMILES string of the molecule is Cc1ncsc1C(=O)Nc1cc(Cl)ccc1OC[C@H]1CCCO1. The monoisotopic (exact) mass is 352 g/mol. The van der Waals surface area contributed by atoms with Gasteiger partial charge in [0, 0.05) is 11.6 Å². The third-order valence-corrected chi connectivity index (χ3v) is 4.75. The van der Waals surface area contributed by atoms with Gasteiger partial charge in [-0.2, -0.15) is 0 Å². The van der Waals surface area contributed by atoms with E-state index in [0.717, 1.165) is 19.4 Å². The molecule has 1 aliphatic heterocycles. The number of anilines is 1. The second-order valence-corrected chi connectivity index (χ2v) is 6.60. The number of rotatable bonds is 5. The van der Waals surface area contributed by atoms with E-state index in [9.17, 15) is 4.79 Å². The summed E-state index contributed by atoms with van der Waals surface area (Å²) in [4.78, 5) is 17.0. The minimum absolute atomic E-state index is 0.109. The van der Waals surface area contributed by atoms with E-state index in [1.54, 1.807) is 30.6 Å². The molecule has 1 aliphatic rings. The quantitative estimate of drug-likeness (QED) is 0.886. The van der Waals surface area contributed by atoms with Gasteiger partial charge in [-0.05, 0) is 38.0 Å². The fourth-order valence-corrected chi connectivity index (χ4v) is 3.25. The summed E-state index contributed by atoms with van der Waals surface area (Å²) in [6.45, 7) is 3.05. The van der Waals surface area contributed by atoms with Gasteiger partial charge in [0.1, 0.15) is 17.2 Å². The van der Waals surface area contributed by atoms with Crippen molar-refractivity contribution in [3.05, 3.63) is 39.3 Å². The first-order valence-electron chi connectivity index (χ1n) is 7.39. The van der Waals surface area contributed by atoms with E-state index in [2.05, 4.69) is 10.3 Å². The summed E-state index contributed by atoms with van der Waals surface area (Å²) >= 11 is 7.35. The molecule has 1 aromatic heterocycles. The van der Waals surface area contributed by atoms with Crippen LogP contribution in [-0.2, 0) is 4.74 Å². The summed E-state index contributed by atoms with van der Waals surface area (Å²) in [6.07, 6.45) is 2.16. The number of aromatic nitrogens is 1. The van der Waals surface area contributed by atoms with Crippen molar-refractivity contribution in [2.75, 3.05) is 18.5 Å². The highest BCUT2D eigenvalue weighted by atomic mass is 35.5. The number of benzene rings is 1. The van der Waals surface area contributed by atoms with Crippen molar-refractivity contribution >= 4 is 34.5 Å². The van der Waals surface area contributed by atoms with Gasteiger partial charge in [0.15, 0.2) is 0 Å². The molecule has 3 rings (SSSR count). The number of hydrogen-bond acceptors (Lipinski definition) is 5. The average Bonchev–Trinajstić information content (AvgIpc) is 3.17. The molecule has 0 spiro atoms. The lowest BCUT2D eigenvalue weighted by Crippen LogP contribution is -2.18. The molecule has 1 amide bonds. The van der Waals surface area contributed by atoms with Crippen molar-refractivity contribution in [2.24, 2.45) is 0 Å². The summed E-state index contributed by atoms with van der Waals surface area (Å²) in [5.74, 6) is 0.370. The molecule has 1 aromatic carbocycles. The van der Waals surface area contributed by atoms with Gasteiger partial charge in [0.2, 0.25) is 0 Å². The predicted octanol–water partition coefficient (Wildman–Crippen LogP) is 3.92. The number of hydrogen-bond donors (Lipinski definition) is 1. The molecule has 0 aliphatic carbocycles. The molecule has 1 N–H and O–H groups in total. The largest absolute Gasteiger partial charge is 0.489 e. The van der Waals surface area contributed by atoms with Crippen molar-refractivity contribution in [3.63, 3.8) is 0 Å². The zero-order valence-corrected chi connectivity index (χ0v) is 14.2. The van der Waals surface area contributed by atoms with Crippen molar-refractivity contribution in [3.8, 4) is 5.75 Å². The Labute approximate surface area is 143 Å². The molecule has 0 saturated carbocycles. The van der Waals surface area contributed by atoms with Crippen LogP contribution in [0.1, 0.15) is 28.2 Å². The Morgan fingerprint density at radius 3 is 3.13 bits per heavy atom. The Bertz CT molecular complexity index is 698. The van der Waals surface area contributed by atoms with Gasteiger partial charge in [0.05, 0.1) is 23.0 Å². The Kier molecular flexibility index (Phi) is 5.15. The standard InChI is InChI=1S/C16H17ClN2O3S/c1-10-15(23-9-18-10)16(20)19-13-7-11(17)4-5-14(13)22-8-12-3-2-6-21-12/h4-5,7,9,12H,2-3,6,8H2,1H3,(H,19,20)/t12-/m1/s1. The van der Waals surface area contributed by atoms with Crippen molar-refractivity contribution in [1.82, 2.24) is 4.98 Å². The van der Waals surface area contributed by atoms with Crippen LogP contribution in [0.4, 0.5) is 5.69 Å².